The van der Waals surface area contributed by atoms with Gasteiger partial charge in [0.1, 0.15) is 10.7 Å². The van der Waals surface area contributed by atoms with Crippen molar-refractivity contribution >= 4 is 35.1 Å². The minimum atomic E-state index is -0.545. The SMILES string of the molecule is CCOC(=O)c1ccc(NC2=C(Cl)C(=O)N(Cc3ccccc3)C2=O)cc1. The number of benzene rings is 2. The second-order valence-electron chi connectivity index (χ2n) is 5.79. The van der Waals surface area contributed by atoms with Gasteiger partial charge in [-0.2, -0.15) is 0 Å². The predicted molar refractivity (Wildman–Crippen MR) is 101 cm³/mol. The molecule has 0 radical (unpaired) electrons. The van der Waals surface area contributed by atoms with Crippen LogP contribution in [0, 0.1) is 0 Å². The van der Waals surface area contributed by atoms with Crippen LogP contribution in [0.3, 0.4) is 0 Å². The van der Waals surface area contributed by atoms with Crippen molar-refractivity contribution < 1.29 is 19.1 Å². The molecule has 0 bridgehead atoms. The maximum absolute atomic E-state index is 12.6. The van der Waals surface area contributed by atoms with Crippen molar-refractivity contribution in [2.24, 2.45) is 0 Å². The molecule has 27 heavy (non-hydrogen) atoms. The lowest BCUT2D eigenvalue weighted by atomic mass is 10.2. The average Bonchev–Trinajstić information content (AvgIpc) is 2.88. The molecule has 0 spiro atoms. The Balaban J connectivity index is 1.74. The number of rotatable bonds is 6. The Bertz CT molecular complexity index is 907. The number of nitrogens with one attached hydrogen (secondary N) is 1. The van der Waals surface area contributed by atoms with E-state index in [1.165, 1.54) is 0 Å². The van der Waals surface area contributed by atoms with Crippen LogP contribution < -0.4 is 5.32 Å². The van der Waals surface area contributed by atoms with Crippen LogP contribution in [0.15, 0.2) is 65.3 Å². The molecule has 1 N–H and O–H groups in total. The van der Waals surface area contributed by atoms with Crippen molar-refractivity contribution in [2.45, 2.75) is 13.5 Å². The van der Waals surface area contributed by atoms with Gasteiger partial charge >= 0.3 is 5.97 Å². The third-order valence-corrected chi connectivity index (χ3v) is 4.31. The first kappa shape index (κ1) is 18.7. The standard InChI is InChI=1S/C20H17ClN2O4/c1-2-27-20(26)14-8-10-15(11-9-14)22-17-16(21)18(24)23(19(17)25)12-13-6-4-3-5-7-13/h3-11,22H,2,12H2,1H3. The highest BCUT2D eigenvalue weighted by atomic mass is 35.5. The van der Waals surface area contributed by atoms with Crippen molar-refractivity contribution in [3.8, 4) is 0 Å². The summed E-state index contributed by atoms with van der Waals surface area (Å²) in [5.74, 6) is -1.47. The highest BCUT2D eigenvalue weighted by Gasteiger charge is 2.37. The van der Waals surface area contributed by atoms with E-state index in [0.717, 1.165) is 10.5 Å². The van der Waals surface area contributed by atoms with Crippen LogP contribution in [0.5, 0.6) is 0 Å². The summed E-state index contributed by atoms with van der Waals surface area (Å²) in [5, 5.41) is 2.71. The molecule has 0 unspecified atom stereocenters. The number of hydrogen-bond acceptors (Lipinski definition) is 5. The molecule has 3 rings (SSSR count). The molecule has 7 heteroatoms. The fraction of sp³-hybridized carbons (Fsp3) is 0.150. The van der Waals surface area contributed by atoms with Gasteiger partial charge in [0.2, 0.25) is 0 Å². The first-order valence-electron chi connectivity index (χ1n) is 8.35. The minimum Gasteiger partial charge on any atom is -0.462 e. The highest BCUT2D eigenvalue weighted by molar-refractivity contribution is 6.48. The second-order valence-corrected chi connectivity index (χ2v) is 6.17. The van der Waals surface area contributed by atoms with Crippen molar-refractivity contribution in [2.75, 3.05) is 11.9 Å². The number of nitrogens with zero attached hydrogens (tertiary/aromatic N) is 1. The van der Waals surface area contributed by atoms with E-state index in [0.29, 0.717) is 11.3 Å². The molecule has 2 aromatic carbocycles. The molecule has 138 valence electrons. The topological polar surface area (TPSA) is 75.7 Å². The molecule has 2 aromatic rings. The number of carbonyl (C=O) groups excluding carboxylic acids is 3. The maximum Gasteiger partial charge on any atom is 0.338 e. The number of amides is 2. The fourth-order valence-electron chi connectivity index (χ4n) is 2.61. The summed E-state index contributed by atoms with van der Waals surface area (Å²) in [6, 6.07) is 15.5. The van der Waals surface area contributed by atoms with Crippen molar-refractivity contribution in [1.29, 1.82) is 0 Å². The molecule has 2 amide bonds. The quantitative estimate of drug-likeness (QED) is 0.611. The van der Waals surface area contributed by atoms with Crippen molar-refractivity contribution in [1.82, 2.24) is 4.90 Å². The van der Waals surface area contributed by atoms with Crippen LogP contribution in [-0.2, 0) is 20.9 Å². The fourth-order valence-corrected chi connectivity index (χ4v) is 2.84. The molecule has 0 aromatic heterocycles. The van der Waals surface area contributed by atoms with Gasteiger partial charge < -0.3 is 10.1 Å². The number of ether oxygens (including phenoxy) is 1. The first-order chi connectivity index (χ1) is 13.0. The zero-order valence-corrected chi connectivity index (χ0v) is 15.3. The van der Waals surface area contributed by atoms with E-state index >= 15 is 0 Å². The molecule has 1 aliphatic heterocycles. The van der Waals surface area contributed by atoms with Crippen LogP contribution in [-0.4, -0.2) is 29.3 Å². The third-order valence-electron chi connectivity index (χ3n) is 3.96. The summed E-state index contributed by atoms with van der Waals surface area (Å²) in [4.78, 5) is 37.7. The summed E-state index contributed by atoms with van der Waals surface area (Å²) in [7, 11) is 0. The lowest BCUT2D eigenvalue weighted by Gasteiger charge is -2.15. The van der Waals surface area contributed by atoms with Gasteiger partial charge in [-0.15, -0.1) is 0 Å². The van der Waals surface area contributed by atoms with E-state index in [1.807, 2.05) is 30.3 Å². The molecular formula is C20H17ClN2O4. The zero-order chi connectivity index (χ0) is 19.4. The van der Waals surface area contributed by atoms with Gasteiger partial charge in [-0.25, -0.2) is 4.79 Å². The average molecular weight is 385 g/mol. The zero-order valence-electron chi connectivity index (χ0n) is 14.6. The van der Waals surface area contributed by atoms with Crippen molar-refractivity contribution in [3.63, 3.8) is 0 Å². The Labute approximate surface area is 161 Å². The molecule has 0 saturated heterocycles. The van der Waals surface area contributed by atoms with Gasteiger partial charge in [0, 0.05) is 5.69 Å². The smallest absolute Gasteiger partial charge is 0.338 e. The van der Waals surface area contributed by atoms with E-state index in [2.05, 4.69) is 5.32 Å². The predicted octanol–water partition coefficient (Wildman–Crippen LogP) is 3.29. The summed E-state index contributed by atoms with van der Waals surface area (Å²) in [6.45, 7) is 2.16. The third kappa shape index (κ3) is 4.01. The van der Waals surface area contributed by atoms with E-state index in [9.17, 15) is 14.4 Å². The first-order valence-corrected chi connectivity index (χ1v) is 8.73. The summed E-state index contributed by atoms with van der Waals surface area (Å²) in [6.07, 6.45) is 0. The number of esters is 1. The minimum absolute atomic E-state index is 0.0153. The number of anilines is 1. The Morgan fingerprint density at radius 1 is 1.04 bits per heavy atom. The molecule has 0 aliphatic carbocycles. The number of hydrogen-bond donors (Lipinski definition) is 1. The van der Waals surface area contributed by atoms with Crippen LogP contribution in [0.4, 0.5) is 5.69 Å². The van der Waals surface area contributed by atoms with Gasteiger partial charge in [0.25, 0.3) is 11.8 Å². The Morgan fingerprint density at radius 2 is 1.70 bits per heavy atom. The van der Waals surface area contributed by atoms with Crippen molar-refractivity contribution in [3.05, 3.63) is 76.5 Å². The van der Waals surface area contributed by atoms with E-state index in [-0.39, 0.29) is 23.9 Å². The highest BCUT2D eigenvalue weighted by Crippen LogP contribution is 2.27. The van der Waals surface area contributed by atoms with Gasteiger partial charge in [0.15, 0.2) is 0 Å². The lowest BCUT2D eigenvalue weighted by molar-refractivity contribution is -0.138. The molecule has 1 aliphatic rings. The van der Waals surface area contributed by atoms with Crippen LogP contribution in [0.2, 0.25) is 0 Å². The normalized spacial score (nSPS) is 13.9. The number of imide groups is 1. The lowest BCUT2D eigenvalue weighted by Crippen LogP contribution is -2.31. The van der Waals surface area contributed by atoms with E-state index in [4.69, 9.17) is 16.3 Å². The molecule has 6 nitrogen and oxygen atoms in total. The van der Waals surface area contributed by atoms with Crippen LogP contribution in [0.25, 0.3) is 0 Å². The van der Waals surface area contributed by atoms with Gasteiger partial charge in [-0.1, -0.05) is 41.9 Å². The number of carbonyl (C=O) groups is 3. The number of halogens is 1. The summed E-state index contributed by atoms with van der Waals surface area (Å²) < 4.78 is 4.92. The largest absolute Gasteiger partial charge is 0.462 e. The molecule has 0 fully saturated rings. The molecule has 1 heterocycles. The van der Waals surface area contributed by atoms with Crippen LogP contribution in [0.1, 0.15) is 22.8 Å². The van der Waals surface area contributed by atoms with E-state index < -0.39 is 17.8 Å². The van der Waals surface area contributed by atoms with Gasteiger partial charge in [-0.3, -0.25) is 14.5 Å². The Hall–Kier alpha value is -3.12. The Morgan fingerprint density at radius 3 is 2.33 bits per heavy atom. The maximum atomic E-state index is 12.6. The summed E-state index contributed by atoms with van der Waals surface area (Å²) in [5.41, 5.74) is 1.76. The molecule has 0 atom stereocenters. The summed E-state index contributed by atoms with van der Waals surface area (Å²) >= 11 is 6.09. The van der Waals surface area contributed by atoms with Crippen LogP contribution >= 0.6 is 11.6 Å². The van der Waals surface area contributed by atoms with Gasteiger partial charge in [0.05, 0.1) is 18.7 Å². The monoisotopic (exact) mass is 384 g/mol. The second kappa shape index (κ2) is 8.05. The molecule has 0 saturated carbocycles. The molecular weight excluding hydrogens is 368 g/mol. The Kier molecular flexibility index (Phi) is 5.57. The van der Waals surface area contributed by atoms with Gasteiger partial charge in [-0.05, 0) is 36.8 Å². The van der Waals surface area contributed by atoms with E-state index in [1.54, 1.807) is 31.2 Å².